The topological polar surface area (TPSA) is 204 Å². The van der Waals surface area contributed by atoms with Gasteiger partial charge in [-0.2, -0.15) is 0 Å². The summed E-state index contributed by atoms with van der Waals surface area (Å²) >= 11 is 5.85. The van der Waals surface area contributed by atoms with Crippen molar-refractivity contribution in [2.24, 2.45) is 0 Å². The summed E-state index contributed by atoms with van der Waals surface area (Å²) in [6.07, 6.45) is -5.16. The van der Waals surface area contributed by atoms with Gasteiger partial charge in [0.25, 0.3) is 11.1 Å². The summed E-state index contributed by atoms with van der Waals surface area (Å²) in [7, 11) is -10.3. The molecule has 0 aromatic carbocycles. The fourth-order valence-electron chi connectivity index (χ4n) is 6.32. The van der Waals surface area contributed by atoms with Gasteiger partial charge < -0.3 is 36.6 Å². The molecule has 3 N–H and O–H groups in total. The first-order chi connectivity index (χ1) is 29.1. The monoisotopic (exact) mass is 1020 g/mol. The first-order valence-corrected chi connectivity index (χ1v) is 36.6. The molecule has 0 amide bonds. The van der Waals surface area contributed by atoms with Gasteiger partial charge in [-0.1, -0.05) is 83.1 Å². The molecule has 2 saturated heterocycles. The van der Waals surface area contributed by atoms with Crippen molar-refractivity contribution in [3.05, 3.63) is 66.2 Å². The summed E-state index contributed by atoms with van der Waals surface area (Å²) in [5.41, 5.74) is -2.55. The molecule has 23 heteroatoms. The molecule has 2 aromatic rings. The minimum Gasteiger partial charge on any atom is -0.414 e. The SMILES string of the molecule is CC(C)(C)[Si](C)(C)OC[C@H]1O[C@@H](n2ccc(=O)[nH]c2=O)[C@H](O[Si](C)(C)C(C)(C)C)[C@@H]1OP(O)(=S)OC[C@H]1O[C@@H](n2ccc(=O)[nH]c2=O)[C@H](O[Si](C)(C)C(C)(C)C)[C@@H]1O[Si](C)(C)C(C)(C)C. The highest BCUT2D eigenvalue weighted by Crippen LogP contribution is 2.53. The van der Waals surface area contributed by atoms with Gasteiger partial charge in [0.05, 0.1) is 13.2 Å². The molecule has 0 spiro atoms. The summed E-state index contributed by atoms with van der Waals surface area (Å²) in [6.45, 7) is 37.3. The number of hydrogen-bond donors (Lipinski definition) is 3. The Balaban J connectivity index is 1.82. The molecule has 4 rings (SSSR count). The molecule has 2 aromatic heterocycles. The number of aromatic amines is 2. The van der Waals surface area contributed by atoms with Crippen LogP contribution < -0.4 is 22.5 Å². The molecule has 17 nitrogen and oxygen atoms in total. The molecule has 0 aliphatic carbocycles. The maximum absolute atomic E-state index is 13.4. The van der Waals surface area contributed by atoms with Crippen molar-refractivity contribution >= 4 is 51.8 Å². The number of hydrogen-bond acceptors (Lipinski definition) is 13. The predicted octanol–water partition coefficient (Wildman–Crippen LogP) is 7.69. The largest absolute Gasteiger partial charge is 0.414 e. The molecule has 2 fully saturated rings. The third-order valence-electron chi connectivity index (χ3n) is 14.6. The third-order valence-corrected chi connectivity index (χ3v) is 34.1. The Morgan fingerprint density at radius 3 is 1.28 bits per heavy atom. The van der Waals surface area contributed by atoms with E-state index < -0.39 is 112 Å². The Morgan fingerprint density at radius 1 is 0.585 bits per heavy atom. The third kappa shape index (κ3) is 13.0. The number of nitrogens with zero attached hydrogens (tertiary/aromatic N) is 2. The summed E-state index contributed by atoms with van der Waals surface area (Å²) in [4.78, 5) is 68.2. The Labute approximate surface area is 394 Å². The van der Waals surface area contributed by atoms with Crippen molar-refractivity contribution in [1.82, 2.24) is 19.1 Å². The summed E-state index contributed by atoms with van der Waals surface area (Å²) in [5, 5.41) is -0.984. The maximum atomic E-state index is 13.4. The second kappa shape index (κ2) is 19.4. The lowest BCUT2D eigenvalue weighted by molar-refractivity contribution is -0.0560. The van der Waals surface area contributed by atoms with Crippen LogP contribution in [0.5, 0.6) is 0 Å². The van der Waals surface area contributed by atoms with Crippen molar-refractivity contribution in [1.29, 1.82) is 0 Å². The highest BCUT2D eigenvalue weighted by Gasteiger charge is 2.57. The van der Waals surface area contributed by atoms with E-state index in [2.05, 4.69) is 132 Å². The molecule has 372 valence electrons. The number of aromatic nitrogens is 4. The maximum Gasteiger partial charge on any atom is 0.330 e. The number of H-pyrrole nitrogens is 2. The molecule has 2 aliphatic heterocycles. The quantitative estimate of drug-likeness (QED) is 0.109. The summed E-state index contributed by atoms with van der Waals surface area (Å²) in [6, 6.07) is 2.47. The Bertz CT molecular complexity index is 2270. The highest BCUT2D eigenvalue weighted by atomic mass is 32.5. The van der Waals surface area contributed by atoms with Crippen LogP contribution in [0.4, 0.5) is 0 Å². The number of rotatable bonds is 16. The van der Waals surface area contributed by atoms with Gasteiger partial charge >= 0.3 is 18.1 Å². The number of ether oxygens (including phenoxy) is 2. The van der Waals surface area contributed by atoms with Crippen molar-refractivity contribution in [3.8, 4) is 0 Å². The Kier molecular flexibility index (Phi) is 16.7. The van der Waals surface area contributed by atoms with Gasteiger partial charge in [-0.05, 0) is 84.3 Å². The highest BCUT2D eigenvalue weighted by molar-refractivity contribution is 8.07. The molecule has 65 heavy (non-hydrogen) atoms. The van der Waals surface area contributed by atoms with E-state index >= 15 is 0 Å². The van der Waals surface area contributed by atoms with Crippen LogP contribution in [0.3, 0.4) is 0 Å². The molecule has 0 saturated carbocycles. The number of nitrogens with one attached hydrogen (secondary N) is 2. The normalized spacial score (nSPS) is 26.4. The van der Waals surface area contributed by atoms with Gasteiger partial charge in [-0.25, -0.2) is 9.59 Å². The van der Waals surface area contributed by atoms with E-state index in [1.54, 1.807) is 0 Å². The molecule has 4 heterocycles. The van der Waals surface area contributed by atoms with E-state index in [-0.39, 0.29) is 33.4 Å². The lowest BCUT2D eigenvalue weighted by atomic mass is 10.1. The Morgan fingerprint density at radius 2 is 0.923 bits per heavy atom. The second-order valence-corrected chi connectivity index (χ2v) is 45.5. The van der Waals surface area contributed by atoms with E-state index in [0.717, 1.165) is 0 Å². The van der Waals surface area contributed by atoms with Crippen molar-refractivity contribution in [3.63, 3.8) is 0 Å². The van der Waals surface area contributed by atoms with Crippen LogP contribution in [0.25, 0.3) is 0 Å². The second-order valence-electron chi connectivity index (χ2n) is 23.6. The molecule has 9 atom stereocenters. The molecule has 0 bridgehead atoms. The van der Waals surface area contributed by atoms with E-state index in [1.165, 1.54) is 33.7 Å². The van der Waals surface area contributed by atoms with Crippen molar-refractivity contribution < 1.29 is 41.1 Å². The van der Waals surface area contributed by atoms with Crippen LogP contribution in [0.2, 0.25) is 72.5 Å². The van der Waals surface area contributed by atoms with Crippen molar-refractivity contribution in [2.75, 3.05) is 13.2 Å². The standard InChI is InChI=1S/C42H79N4O13PSSi4/c1-39(2,3)62(13,14)53-26-28-31(33(58-64(17,18)41(7,8)9)35(55-28)45-23-21-29(47)43-37(45)49)56-60(51,61)52-25-27-32(57-63(15,16)40(4,5)6)34(59-65(19,20)42(10,11)12)36(54-27)46-24-22-30(48)44-38(46)50/h21-24,27-28,31-36H,25-26H2,1-20H3,(H,51,61)(H,43,47,49)(H,44,48,50)/t27-,28-,31-,32-,33-,34-,35-,36-,60?/m1/s1. The lowest BCUT2D eigenvalue weighted by Crippen LogP contribution is -2.54. The fraction of sp³-hybridized carbons (Fsp3) is 0.810. The van der Waals surface area contributed by atoms with Crippen LogP contribution in [0.15, 0.2) is 43.7 Å². The van der Waals surface area contributed by atoms with E-state index in [0.29, 0.717) is 0 Å². The van der Waals surface area contributed by atoms with Gasteiger partial charge in [0.2, 0.25) is 0 Å². The van der Waals surface area contributed by atoms with Crippen LogP contribution in [-0.4, -0.2) is 107 Å². The zero-order valence-corrected chi connectivity index (χ0v) is 48.1. The first-order valence-electron chi connectivity index (χ1n) is 22.4. The zero-order valence-electron chi connectivity index (χ0n) is 42.4. The minimum absolute atomic E-state index is 0.0126. The zero-order chi connectivity index (χ0) is 49.9. The van der Waals surface area contributed by atoms with Gasteiger partial charge in [-0.15, -0.1) is 0 Å². The van der Waals surface area contributed by atoms with E-state index in [9.17, 15) is 24.1 Å². The van der Waals surface area contributed by atoms with Gasteiger partial charge in [0.15, 0.2) is 45.7 Å². The fourth-order valence-corrected chi connectivity index (χ4v) is 12.7. The minimum atomic E-state index is -4.29. The molecule has 2 aliphatic rings. The first kappa shape index (κ1) is 56.1. The smallest absolute Gasteiger partial charge is 0.330 e. The average molecular weight is 1020 g/mol. The molecule has 0 radical (unpaired) electrons. The van der Waals surface area contributed by atoms with Gasteiger partial charge in [-0.3, -0.25) is 33.2 Å². The average Bonchev–Trinajstić information content (AvgIpc) is 3.59. The molecule has 1 unspecified atom stereocenters. The summed E-state index contributed by atoms with van der Waals surface area (Å²) in [5.74, 6) is 0. The van der Waals surface area contributed by atoms with Crippen LogP contribution in [-0.2, 0) is 48.0 Å². The Hall–Kier alpha value is -1.48. The van der Waals surface area contributed by atoms with Crippen molar-refractivity contribution in [2.45, 2.75) is 205 Å². The van der Waals surface area contributed by atoms with Gasteiger partial charge in [0, 0.05) is 24.5 Å². The van der Waals surface area contributed by atoms with Gasteiger partial charge in [0.1, 0.15) is 36.6 Å². The van der Waals surface area contributed by atoms with Crippen LogP contribution in [0, 0.1) is 0 Å². The predicted molar refractivity (Wildman–Crippen MR) is 267 cm³/mol. The lowest BCUT2D eigenvalue weighted by Gasteiger charge is -2.44. The van der Waals surface area contributed by atoms with Crippen LogP contribution >= 0.6 is 6.72 Å². The molecular weight excluding hydrogens is 944 g/mol. The molecular formula is C42H79N4O13PSSi4. The van der Waals surface area contributed by atoms with E-state index in [4.69, 9.17) is 48.0 Å². The summed E-state index contributed by atoms with van der Waals surface area (Å²) < 4.78 is 56.8. The van der Waals surface area contributed by atoms with E-state index in [1.807, 2.05) is 13.1 Å². The van der Waals surface area contributed by atoms with Crippen LogP contribution in [0.1, 0.15) is 95.5 Å².